The Morgan fingerprint density at radius 2 is 1.08 bits per heavy atom. The van der Waals surface area contributed by atoms with Gasteiger partial charge in [0.05, 0.1) is 0 Å². The Morgan fingerprint density at radius 1 is 0.769 bits per heavy atom. The summed E-state index contributed by atoms with van der Waals surface area (Å²) in [6.07, 6.45) is 0. The molecule has 0 aliphatic carbocycles. The van der Waals surface area contributed by atoms with Crippen LogP contribution in [0.1, 0.15) is 0 Å². The van der Waals surface area contributed by atoms with Gasteiger partial charge in [-0.1, -0.05) is 0 Å². The van der Waals surface area contributed by atoms with E-state index in [1.54, 1.807) is 52.3 Å². The third-order valence-corrected chi connectivity index (χ3v) is 4.16. The van der Waals surface area contributed by atoms with Crippen molar-refractivity contribution in [1.29, 1.82) is 0 Å². The van der Waals surface area contributed by atoms with E-state index in [4.69, 9.17) is 0 Å². The summed E-state index contributed by atoms with van der Waals surface area (Å²) in [7, 11) is 6.82. The molecule has 0 heterocycles. The molecule has 0 spiro atoms. The van der Waals surface area contributed by atoms with Gasteiger partial charge in [0.15, 0.2) is 0 Å². The third kappa shape index (κ3) is 3.11. The molecule has 0 aromatic rings. The predicted molar refractivity (Wildman–Crippen MR) is 55.7 cm³/mol. The maximum atomic E-state index is 9.86. The van der Waals surface area contributed by atoms with Crippen LogP contribution in [0.3, 0.4) is 0 Å². The van der Waals surface area contributed by atoms with Crippen molar-refractivity contribution in [1.82, 2.24) is 19.6 Å². The van der Waals surface area contributed by atoms with Gasteiger partial charge in [-0.3, -0.25) is 0 Å². The Bertz CT molecular complexity index is 155. The zero-order valence-electron chi connectivity index (χ0n) is 9.18. The van der Waals surface area contributed by atoms with Gasteiger partial charge >= 0.3 is 79.7 Å². The summed E-state index contributed by atoms with van der Waals surface area (Å²) in [5.41, 5.74) is 0. The second kappa shape index (κ2) is 4.61. The number of hydrogen-bond donors (Lipinski definition) is 2. The van der Waals surface area contributed by atoms with Crippen LogP contribution in [-0.2, 0) is 0 Å². The molecule has 0 amide bonds. The Balaban J connectivity index is 4.73. The van der Waals surface area contributed by atoms with E-state index in [0.717, 1.165) is 0 Å². The van der Waals surface area contributed by atoms with Crippen LogP contribution in [0.15, 0.2) is 0 Å². The van der Waals surface area contributed by atoms with Crippen LogP contribution in [0, 0.1) is 0 Å². The zero-order chi connectivity index (χ0) is 10.8. The molecule has 0 aliphatic rings. The molecule has 0 atom stereocenters. The van der Waals surface area contributed by atoms with Crippen molar-refractivity contribution in [3.05, 3.63) is 0 Å². The second-order valence-corrected chi connectivity index (χ2v) is 5.97. The van der Waals surface area contributed by atoms with Gasteiger partial charge in [0, 0.05) is 0 Å². The number of hydrogen-bond acceptors (Lipinski definition) is 6. The van der Waals surface area contributed by atoms with Gasteiger partial charge in [0.1, 0.15) is 0 Å². The molecule has 0 saturated heterocycles. The molecule has 6 nitrogen and oxygen atoms in total. The van der Waals surface area contributed by atoms with Crippen molar-refractivity contribution in [3.8, 4) is 0 Å². The summed E-state index contributed by atoms with van der Waals surface area (Å²) >= 11 is 0. The Kier molecular flexibility index (Phi) is 4.68. The van der Waals surface area contributed by atoms with E-state index in [9.17, 15) is 9.79 Å². The van der Waals surface area contributed by atoms with E-state index in [2.05, 4.69) is 0 Å². The average molecular weight is 212 g/mol. The molecule has 0 aromatic carbocycles. The molecule has 13 heavy (non-hydrogen) atoms. The molecule has 0 bridgehead atoms. The first-order valence-electron chi connectivity index (χ1n) is 3.98. The molecule has 2 N–H and O–H groups in total. The summed E-state index contributed by atoms with van der Waals surface area (Å²) in [4.78, 5) is 21.1. The zero-order valence-corrected chi connectivity index (χ0v) is 10.2. The normalized spacial score (nSPS) is 15.1. The molecule has 0 saturated carbocycles. The summed E-state index contributed by atoms with van der Waals surface area (Å²) in [5, 5.41) is 3.29. The van der Waals surface area contributed by atoms with Gasteiger partial charge in [0.2, 0.25) is 0 Å². The van der Waals surface area contributed by atoms with Crippen LogP contribution < -0.4 is 0 Å². The van der Waals surface area contributed by atoms with Gasteiger partial charge in [-0.25, -0.2) is 0 Å². The minimum atomic E-state index is -3.52. The van der Waals surface area contributed by atoms with E-state index in [-0.39, 0.29) is 0 Å². The first kappa shape index (κ1) is 13.2. The third-order valence-electron chi connectivity index (χ3n) is 1.63. The van der Waals surface area contributed by atoms with Crippen molar-refractivity contribution in [3.63, 3.8) is 0 Å². The average Bonchev–Trinajstić information content (AvgIpc) is 1.82. The first-order valence-corrected chi connectivity index (χ1v) is 5.77. The molecule has 82 valence electrons. The van der Waals surface area contributed by atoms with Crippen LogP contribution in [0.25, 0.3) is 0 Å². The Hall–Kier alpha value is 0.190. The Morgan fingerprint density at radius 3 is 1.15 bits per heavy atom. The van der Waals surface area contributed by atoms with Crippen molar-refractivity contribution in [2.45, 2.75) is 0 Å². The van der Waals surface area contributed by atoms with Gasteiger partial charge in [-0.2, -0.15) is 0 Å². The molecule has 0 aliphatic heterocycles. The first-order chi connectivity index (χ1) is 5.71. The van der Waals surface area contributed by atoms with E-state index in [1.165, 1.54) is 9.56 Å². The van der Waals surface area contributed by atoms with Crippen molar-refractivity contribution < 1.29 is 9.79 Å². The fourth-order valence-electron chi connectivity index (χ4n) is 1.07. The monoisotopic (exact) mass is 212 g/mol. The molecular formula is C6H21N4O2P. The van der Waals surface area contributed by atoms with Crippen LogP contribution >= 0.6 is 8.02 Å². The molecule has 0 unspecified atom stereocenters. The topological polar surface area (TPSA) is 53.4 Å². The maximum absolute atomic E-state index is 9.86. The van der Waals surface area contributed by atoms with Crippen LogP contribution in [0.4, 0.5) is 0 Å². The van der Waals surface area contributed by atoms with Gasteiger partial charge in [-0.05, 0) is 0 Å². The van der Waals surface area contributed by atoms with E-state index in [0.29, 0.717) is 0 Å². The standard InChI is InChI=1S/C6H21N4O2P/c1-7(2)10(8(3)4)13(11,12)9(5)6/h11-13H,1-6H3. The number of hydrazine groups is 2. The molecule has 7 heteroatoms. The van der Waals surface area contributed by atoms with Gasteiger partial charge in [0.25, 0.3) is 0 Å². The molecule has 0 fully saturated rings. The minimum absolute atomic E-state index is 1.44. The summed E-state index contributed by atoms with van der Waals surface area (Å²) in [5.74, 6) is 0. The predicted octanol–water partition coefficient (Wildman–Crippen LogP) is -0.802. The van der Waals surface area contributed by atoms with Crippen LogP contribution in [0.2, 0.25) is 0 Å². The van der Waals surface area contributed by atoms with E-state index in [1.807, 2.05) is 0 Å². The Labute approximate surface area is 80.5 Å². The van der Waals surface area contributed by atoms with E-state index >= 15 is 0 Å². The summed E-state index contributed by atoms with van der Waals surface area (Å²) in [6, 6.07) is 0. The van der Waals surface area contributed by atoms with Crippen LogP contribution in [-0.4, -0.2) is 71.6 Å². The summed E-state index contributed by atoms with van der Waals surface area (Å²) < 4.78 is 1.44. The quantitative estimate of drug-likeness (QED) is 0.470. The SMILES string of the molecule is CN(C)N(N(C)C)[PH](O)(O)N(C)C. The van der Waals surface area contributed by atoms with Crippen molar-refractivity contribution in [2.24, 2.45) is 0 Å². The van der Waals surface area contributed by atoms with Crippen molar-refractivity contribution >= 4 is 8.02 Å². The molecule has 0 aromatic heterocycles. The number of nitrogens with zero attached hydrogens (tertiary/aromatic N) is 4. The van der Waals surface area contributed by atoms with Crippen molar-refractivity contribution in [2.75, 3.05) is 42.3 Å². The van der Waals surface area contributed by atoms with Gasteiger partial charge < -0.3 is 0 Å². The number of rotatable bonds is 4. The molecule has 0 radical (unpaired) electrons. The van der Waals surface area contributed by atoms with Gasteiger partial charge in [-0.15, -0.1) is 0 Å². The second-order valence-electron chi connectivity index (χ2n) is 3.48. The molecular weight excluding hydrogens is 191 g/mol. The molecule has 0 rings (SSSR count). The summed E-state index contributed by atoms with van der Waals surface area (Å²) in [6.45, 7) is 0. The fourth-order valence-corrected chi connectivity index (χ4v) is 2.50. The van der Waals surface area contributed by atoms with Crippen LogP contribution in [0.5, 0.6) is 0 Å². The fraction of sp³-hybridized carbons (Fsp3) is 1.00. The van der Waals surface area contributed by atoms with E-state index < -0.39 is 8.02 Å².